The number of nitrogens with two attached hydrogens (primary N) is 1. The van der Waals surface area contributed by atoms with Crippen molar-refractivity contribution < 1.29 is 4.79 Å². The third kappa shape index (κ3) is 2.07. The van der Waals surface area contributed by atoms with Crippen molar-refractivity contribution in [1.82, 2.24) is 0 Å². The van der Waals surface area contributed by atoms with E-state index in [0.717, 1.165) is 17.5 Å². The summed E-state index contributed by atoms with van der Waals surface area (Å²) in [4.78, 5) is 12.1. The number of rotatable bonds is 2. The van der Waals surface area contributed by atoms with Crippen LogP contribution in [0.2, 0.25) is 0 Å². The quantitative estimate of drug-likeness (QED) is 0.608. The molecule has 0 fully saturated rings. The van der Waals surface area contributed by atoms with Crippen LogP contribution < -0.4 is 5.73 Å². The summed E-state index contributed by atoms with van der Waals surface area (Å²) in [7, 11) is 0. The smallest absolute Gasteiger partial charge is 0.169 e. The monoisotopic (exact) mass is 215 g/mol. The number of ketones is 1. The number of carbonyl (C=O) groups excluding carboxylic acids is 1. The first-order chi connectivity index (χ1) is 7.58. The van der Waals surface area contributed by atoms with Gasteiger partial charge in [-0.25, -0.2) is 0 Å². The van der Waals surface area contributed by atoms with Crippen molar-refractivity contribution in [3.05, 3.63) is 47.0 Å². The fraction of sp³-hybridized carbons (Fsp3) is 0.357. The van der Waals surface area contributed by atoms with Crippen LogP contribution >= 0.6 is 0 Å². The first-order valence-electron chi connectivity index (χ1n) is 5.63. The van der Waals surface area contributed by atoms with Crippen LogP contribution in [0.1, 0.15) is 27.9 Å². The van der Waals surface area contributed by atoms with Crippen LogP contribution in [0.5, 0.6) is 0 Å². The molecule has 1 aromatic carbocycles. The van der Waals surface area contributed by atoms with Gasteiger partial charge in [-0.15, -0.1) is 0 Å². The maximum Gasteiger partial charge on any atom is 0.169 e. The fourth-order valence-corrected chi connectivity index (χ4v) is 2.03. The lowest BCUT2D eigenvalue weighted by Crippen LogP contribution is -2.19. The Morgan fingerprint density at radius 1 is 1.25 bits per heavy atom. The minimum Gasteiger partial charge on any atom is -0.324 e. The molecule has 1 aliphatic carbocycles. The van der Waals surface area contributed by atoms with E-state index >= 15 is 0 Å². The molecule has 0 aromatic heterocycles. The molecule has 0 saturated heterocycles. The predicted octanol–water partition coefficient (Wildman–Crippen LogP) is 2.39. The standard InChI is InChI=1S/C14H17NO/c1-9-3-4-11(7-10(9)2)14(16)12-5-6-13(15)8-12/h3-7,12-13H,8,15H2,1-2H3. The van der Waals surface area contributed by atoms with E-state index in [9.17, 15) is 4.79 Å². The molecule has 1 aromatic rings. The van der Waals surface area contributed by atoms with Gasteiger partial charge in [-0.3, -0.25) is 4.79 Å². The van der Waals surface area contributed by atoms with Crippen molar-refractivity contribution in [3.8, 4) is 0 Å². The Morgan fingerprint density at radius 3 is 2.56 bits per heavy atom. The molecule has 16 heavy (non-hydrogen) atoms. The Hall–Kier alpha value is -1.41. The maximum atomic E-state index is 12.1. The normalized spacial score (nSPS) is 23.7. The summed E-state index contributed by atoms with van der Waals surface area (Å²) in [5, 5.41) is 0. The molecule has 0 spiro atoms. The SMILES string of the molecule is Cc1ccc(C(=O)C2C=CC(N)C2)cc1C. The number of hydrogen-bond donors (Lipinski definition) is 1. The fourth-order valence-electron chi connectivity index (χ4n) is 2.03. The van der Waals surface area contributed by atoms with Gasteiger partial charge in [0.1, 0.15) is 0 Å². The van der Waals surface area contributed by atoms with Gasteiger partial charge in [0.25, 0.3) is 0 Å². The highest BCUT2D eigenvalue weighted by Crippen LogP contribution is 2.22. The number of benzene rings is 1. The van der Waals surface area contributed by atoms with Gasteiger partial charge in [-0.1, -0.05) is 24.3 Å². The Bertz CT molecular complexity index is 448. The highest BCUT2D eigenvalue weighted by molar-refractivity contribution is 5.99. The third-order valence-electron chi connectivity index (χ3n) is 3.24. The molecule has 0 saturated carbocycles. The first-order valence-corrected chi connectivity index (χ1v) is 5.63. The molecule has 2 atom stereocenters. The first kappa shape index (κ1) is 11.1. The second kappa shape index (κ2) is 4.22. The molecule has 0 bridgehead atoms. The van der Waals surface area contributed by atoms with E-state index in [4.69, 9.17) is 5.73 Å². The van der Waals surface area contributed by atoms with Crippen molar-refractivity contribution in [1.29, 1.82) is 0 Å². The topological polar surface area (TPSA) is 43.1 Å². The molecular formula is C14H17NO. The van der Waals surface area contributed by atoms with Gasteiger partial charge in [0, 0.05) is 17.5 Å². The summed E-state index contributed by atoms with van der Waals surface area (Å²) in [6.07, 6.45) is 4.59. The van der Waals surface area contributed by atoms with Crippen molar-refractivity contribution in [3.63, 3.8) is 0 Å². The zero-order chi connectivity index (χ0) is 11.7. The molecule has 2 rings (SSSR count). The molecule has 2 heteroatoms. The molecule has 84 valence electrons. The summed E-state index contributed by atoms with van der Waals surface area (Å²) in [5.74, 6) is 0.157. The maximum absolute atomic E-state index is 12.1. The van der Waals surface area contributed by atoms with Crippen LogP contribution in [0.25, 0.3) is 0 Å². The van der Waals surface area contributed by atoms with E-state index < -0.39 is 0 Å². The van der Waals surface area contributed by atoms with Crippen LogP contribution in [-0.4, -0.2) is 11.8 Å². The number of aryl methyl sites for hydroxylation is 2. The van der Waals surface area contributed by atoms with Crippen LogP contribution in [0.15, 0.2) is 30.4 Å². The number of carbonyl (C=O) groups is 1. The van der Waals surface area contributed by atoms with Crippen LogP contribution in [-0.2, 0) is 0 Å². The Labute approximate surface area is 96.2 Å². The van der Waals surface area contributed by atoms with Gasteiger partial charge >= 0.3 is 0 Å². The summed E-state index contributed by atoms with van der Waals surface area (Å²) < 4.78 is 0. The van der Waals surface area contributed by atoms with Gasteiger partial charge in [0.05, 0.1) is 0 Å². The number of Topliss-reactive ketones (excluding diaryl/α,β-unsaturated/α-hetero) is 1. The van der Waals surface area contributed by atoms with Gasteiger partial charge in [-0.05, 0) is 37.5 Å². The predicted molar refractivity (Wildman–Crippen MR) is 65.5 cm³/mol. The van der Waals surface area contributed by atoms with Gasteiger partial charge < -0.3 is 5.73 Å². The summed E-state index contributed by atoms with van der Waals surface area (Å²) in [6, 6.07) is 5.92. The van der Waals surface area contributed by atoms with Crippen molar-refractivity contribution in [2.45, 2.75) is 26.3 Å². The minimum atomic E-state index is -0.0305. The second-order valence-corrected chi connectivity index (χ2v) is 4.55. The van der Waals surface area contributed by atoms with Gasteiger partial charge in [-0.2, -0.15) is 0 Å². The highest BCUT2D eigenvalue weighted by atomic mass is 16.1. The van der Waals surface area contributed by atoms with Gasteiger partial charge in [0.2, 0.25) is 0 Å². The lowest BCUT2D eigenvalue weighted by molar-refractivity contribution is 0.0943. The van der Waals surface area contributed by atoms with E-state index in [2.05, 4.69) is 6.92 Å². The molecular weight excluding hydrogens is 198 g/mol. The molecule has 2 unspecified atom stereocenters. The highest BCUT2D eigenvalue weighted by Gasteiger charge is 2.23. The van der Waals surface area contributed by atoms with Crippen LogP contribution in [0.4, 0.5) is 0 Å². The van der Waals surface area contributed by atoms with E-state index in [0.29, 0.717) is 0 Å². The van der Waals surface area contributed by atoms with E-state index in [1.165, 1.54) is 5.56 Å². The largest absolute Gasteiger partial charge is 0.324 e. The van der Waals surface area contributed by atoms with Crippen molar-refractivity contribution in [2.75, 3.05) is 0 Å². The Kier molecular flexibility index (Phi) is 2.92. The Morgan fingerprint density at radius 2 is 2.00 bits per heavy atom. The molecule has 2 N–H and O–H groups in total. The number of hydrogen-bond acceptors (Lipinski definition) is 2. The van der Waals surface area contributed by atoms with Crippen molar-refractivity contribution >= 4 is 5.78 Å². The molecule has 1 aliphatic rings. The average molecular weight is 215 g/mol. The van der Waals surface area contributed by atoms with Crippen molar-refractivity contribution in [2.24, 2.45) is 11.7 Å². The lowest BCUT2D eigenvalue weighted by atomic mass is 9.94. The average Bonchev–Trinajstić information content (AvgIpc) is 2.68. The van der Waals surface area contributed by atoms with Crippen LogP contribution in [0.3, 0.4) is 0 Å². The molecule has 0 radical (unpaired) electrons. The number of allylic oxidation sites excluding steroid dienone is 1. The lowest BCUT2D eigenvalue weighted by Gasteiger charge is -2.09. The van der Waals surface area contributed by atoms with E-state index in [-0.39, 0.29) is 17.7 Å². The van der Waals surface area contributed by atoms with Gasteiger partial charge in [0.15, 0.2) is 5.78 Å². The summed E-state index contributed by atoms with van der Waals surface area (Å²) in [5.41, 5.74) is 8.94. The zero-order valence-electron chi connectivity index (χ0n) is 9.73. The van der Waals surface area contributed by atoms with Crippen LogP contribution in [0, 0.1) is 19.8 Å². The summed E-state index contributed by atoms with van der Waals surface area (Å²) in [6.45, 7) is 4.08. The molecule has 0 amide bonds. The molecule has 0 heterocycles. The zero-order valence-corrected chi connectivity index (χ0v) is 9.73. The molecule has 0 aliphatic heterocycles. The Balaban J connectivity index is 2.21. The second-order valence-electron chi connectivity index (χ2n) is 4.55. The summed E-state index contributed by atoms with van der Waals surface area (Å²) >= 11 is 0. The molecule has 2 nitrogen and oxygen atoms in total. The van der Waals surface area contributed by atoms with E-state index in [1.54, 1.807) is 0 Å². The third-order valence-corrected chi connectivity index (χ3v) is 3.24. The van der Waals surface area contributed by atoms with E-state index in [1.807, 2.05) is 37.3 Å². The minimum absolute atomic E-state index is 0.0305.